The van der Waals surface area contributed by atoms with Crippen molar-refractivity contribution in [1.82, 2.24) is 9.78 Å². The zero-order valence-electron chi connectivity index (χ0n) is 11.1. The van der Waals surface area contributed by atoms with Gasteiger partial charge in [-0.25, -0.2) is 0 Å². The second kappa shape index (κ2) is 5.77. The number of para-hydroxylation sites is 1. The Bertz CT molecular complexity index is 561. The smallest absolute Gasteiger partial charge is 0.0719 e. The SMILES string of the molecule is Cn1nc(CC(N)C2CSCCS2)c2ccccc21. The highest BCUT2D eigenvalue weighted by Crippen LogP contribution is 2.28. The summed E-state index contributed by atoms with van der Waals surface area (Å²) in [6.07, 6.45) is 0.875. The topological polar surface area (TPSA) is 43.8 Å². The van der Waals surface area contributed by atoms with Gasteiger partial charge in [-0.05, 0) is 6.07 Å². The first-order valence-electron chi connectivity index (χ1n) is 6.61. The zero-order valence-corrected chi connectivity index (χ0v) is 12.7. The third kappa shape index (κ3) is 2.78. The molecule has 102 valence electrons. The first kappa shape index (κ1) is 13.3. The number of nitrogens with zero attached hydrogens (tertiary/aromatic N) is 2. The van der Waals surface area contributed by atoms with Crippen molar-refractivity contribution in [2.75, 3.05) is 17.3 Å². The molecule has 2 unspecified atom stereocenters. The number of benzene rings is 1. The lowest BCUT2D eigenvalue weighted by molar-refractivity contribution is 0.642. The maximum Gasteiger partial charge on any atom is 0.0719 e. The maximum atomic E-state index is 6.40. The maximum absolute atomic E-state index is 6.40. The fourth-order valence-electron chi connectivity index (χ4n) is 2.55. The number of hydrogen-bond donors (Lipinski definition) is 1. The molecule has 0 aliphatic carbocycles. The zero-order chi connectivity index (χ0) is 13.2. The molecule has 1 aromatic carbocycles. The lowest BCUT2D eigenvalue weighted by Crippen LogP contribution is -2.38. The van der Waals surface area contributed by atoms with Crippen LogP contribution in [0.3, 0.4) is 0 Å². The Hall–Kier alpha value is -0.650. The molecule has 0 radical (unpaired) electrons. The average Bonchev–Trinajstić information content (AvgIpc) is 2.77. The van der Waals surface area contributed by atoms with Crippen LogP contribution >= 0.6 is 23.5 Å². The number of rotatable bonds is 3. The van der Waals surface area contributed by atoms with E-state index in [2.05, 4.69) is 29.4 Å². The van der Waals surface area contributed by atoms with Gasteiger partial charge in [0.1, 0.15) is 0 Å². The van der Waals surface area contributed by atoms with Crippen molar-refractivity contribution in [2.24, 2.45) is 12.8 Å². The number of nitrogens with two attached hydrogens (primary N) is 1. The molecule has 3 nitrogen and oxygen atoms in total. The summed E-state index contributed by atoms with van der Waals surface area (Å²) in [5.74, 6) is 3.67. The lowest BCUT2D eigenvalue weighted by Gasteiger charge is -2.26. The molecule has 3 rings (SSSR count). The van der Waals surface area contributed by atoms with E-state index < -0.39 is 0 Å². The summed E-state index contributed by atoms with van der Waals surface area (Å²) < 4.78 is 1.96. The van der Waals surface area contributed by atoms with Crippen LogP contribution in [0.2, 0.25) is 0 Å². The van der Waals surface area contributed by atoms with Crippen LogP contribution in [0.25, 0.3) is 10.9 Å². The molecule has 2 aromatic rings. The molecule has 1 aliphatic rings. The quantitative estimate of drug-likeness (QED) is 0.943. The lowest BCUT2D eigenvalue weighted by atomic mass is 10.1. The molecule has 19 heavy (non-hydrogen) atoms. The van der Waals surface area contributed by atoms with Gasteiger partial charge in [0.15, 0.2) is 0 Å². The van der Waals surface area contributed by atoms with Gasteiger partial charge < -0.3 is 5.73 Å². The second-order valence-electron chi connectivity index (χ2n) is 4.94. The van der Waals surface area contributed by atoms with E-state index in [1.807, 2.05) is 35.3 Å². The van der Waals surface area contributed by atoms with Crippen LogP contribution < -0.4 is 5.73 Å². The van der Waals surface area contributed by atoms with E-state index in [0.717, 1.165) is 12.1 Å². The minimum absolute atomic E-state index is 0.205. The summed E-state index contributed by atoms with van der Waals surface area (Å²) >= 11 is 4.05. The Kier molecular flexibility index (Phi) is 4.05. The molecule has 2 atom stereocenters. The Labute approximate surface area is 122 Å². The summed E-state index contributed by atoms with van der Waals surface area (Å²) in [6, 6.07) is 8.59. The van der Waals surface area contributed by atoms with Crippen LogP contribution in [0.1, 0.15) is 5.69 Å². The van der Waals surface area contributed by atoms with Crippen molar-refractivity contribution in [1.29, 1.82) is 0 Å². The van der Waals surface area contributed by atoms with E-state index in [4.69, 9.17) is 5.73 Å². The van der Waals surface area contributed by atoms with Crippen LogP contribution in [0.4, 0.5) is 0 Å². The van der Waals surface area contributed by atoms with Gasteiger partial charge in [-0.1, -0.05) is 18.2 Å². The van der Waals surface area contributed by atoms with Gasteiger partial charge in [-0.15, -0.1) is 0 Å². The van der Waals surface area contributed by atoms with Crippen LogP contribution in [-0.2, 0) is 13.5 Å². The van der Waals surface area contributed by atoms with E-state index in [9.17, 15) is 0 Å². The largest absolute Gasteiger partial charge is 0.326 e. The second-order valence-corrected chi connectivity index (χ2v) is 7.44. The molecule has 2 N–H and O–H groups in total. The van der Waals surface area contributed by atoms with Crippen LogP contribution in [-0.4, -0.2) is 38.3 Å². The molecule has 0 spiro atoms. The van der Waals surface area contributed by atoms with Crippen LogP contribution in [0.15, 0.2) is 24.3 Å². The standard InChI is InChI=1S/C14H19N3S2/c1-17-13-5-3-2-4-10(13)12(16-17)8-11(15)14-9-18-6-7-19-14/h2-5,11,14H,6-9,15H2,1H3. The molecule has 0 bridgehead atoms. The number of aromatic nitrogens is 2. The van der Waals surface area contributed by atoms with Gasteiger partial charge in [0.05, 0.1) is 11.2 Å². The Morgan fingerprint density at radius 1 is 1.42 bits per heavy atom. The number of thioether (sulfide) groups is 2. The van der Waals surface area contributed by atoms with E-state index in [-0.39, 0.29) is 6.04 Å². The monoisotopic (exact) mass is 293 g/mol. The molecular weight excluding hydrogens is 274 g/mol. The van der Waals surface area contributed by atoms with Crippen molar-refractivity contribution in [3.05, 3.63) is 30.0 Å². The highest BCUT2D eigenvalue weighted by molar-refractivity contribution is 8.06. The van der Waals surface area contributed by atoms with Gasteiger partial charge in [-0.2, -0.15) is 28.6 Å². The van der Waals surface area contributed by atoms with Crippen molar-refractivity contribution in [2.45, 2.75) is 17.7 Å². The van der Waals surface area contributed by atoms with Gasteiger partial charge in [-0.3, -0.25) is 4.68 Å². The average molecular weight is 293 g/mol. The summed E-state index contributed by atoms with van der Waals surface area (Å²) in [6.45, 7) is 0. The Morgan fingerprint density at radius 2 is 2.26 bits per heavy atom. The molecule has 5 heteroatoms. The minimum Gasteiger partial charge on any atom is -0.326 e. The van der Waals surface area contributed by atoms with Gasteiger partial charge in [0.25, 0.3) is 0 Å². The van der Waals surface area contributed by atoms with E-state index in [0.29, 0.717) is 5.25 Å². The molecule has 2 heterocycles. The van der Waals surface area contributed by atoms with Gasteiger partial charge in [0.2, 0.25) is 0 Å². The van der Waals surface area contributed by atoms with E-state index >= 15 is 0 Å². The molecule has 0 saturated carbocycles. The predicted molar refractivity (Wildman–Crippen MR) is 86.0 cm³/mol. The van der Waals surface area contributed by atoms with Crippen molar-refractivity contribution in [3.8, 4) is 0 Å². The highest BCUT2D eigenvalue weighted by atomic mass is 32.2. The number of fused-ring (bicyclic) bond motifs is 1. The number of hydrogen-bond acceptors (Lipinski definition) is 4. The van der Waals surface area contributed by atoms with Crippen molar-refractivity contribution < 1.29 is 0 Å². The molecule has 1 aromatic heterocycles. The third-order valence-corrected chi connectivity index (χ3v) is 6.52. The molecule has 1 fully saturated rings. The first-order chi connectivity index (χ1) is 9.25. The first-order valence-corrected chi connectivity index (χ1v) is 8.81. The van der Waals surface area contributed by atoms with E-state index in [1.54, 1.807) is 0 Å². The Morgan fingerprint density at radius 3 is 3.05 bits per heavy atom. The highest BCUT2D eigenvalue weighted by Gasteiger charge is 2.23. The fraction of sp³-hybridized carbons (Fsp3) is 0.500. The predicted octanol–water partition coefficient (Wildman–Crippen LogP) is 2.29. The van der Waals surface area contributed by atoms with Crippen molar-refractivity contribution in [3.63, 3.8) is 0 Å². The normalized spacial score (nSPS) is 21.7. The van der Waals surface area contributed by atoms with Gasteiger partial charge in [0, 0.05) is 47.4 Å². The fourth-order valence-corrected chi connectivity index (χ4v) is 5.37. The summed E-state index contributed by atoms with van der Waals surface area (Å²) in [5.41, 5.74) is 8.73. The van der Waals surface area contributed by atoms with Crippen LogP contribution in [0, 0.1) is 0 Å². The summed E-state index contributed by atoms with van der Waals surface area (Å²) in [5, 5.41) is 6.46. The minimum atomic E-state index is 0.205. The van der Waals surface area contributed by atoms with Crippen molar-refractivity contribution >= 4 is 34.4 Å². The third-order valence-electron chi connectivity index (χ3n) is 3.58. The summed E-state index contributed by atoms with van der Waals surface area (Å²) in [7, 11) is 2.00. The van der Waals surface area contributed by atoms with E-state index in [1.165, 1.54) is 28.2 Å². The van der Waals surface area contributed by atoms with Gasteiger partial charge >= 0.3 is 0 Å². The molecular formula is C14H19N3S2. The molecule has 1 saturated heterocycles. The molecule has 0 amide bonds. The summed E-state index contributed by atoms with van der Waals surface area (Å²) in [4.78, 5) is 0. The van der Waals surface area contributed by atoms with Crippen LogP contribution in [0.5, 0.6) is 0 Å². The molecule has 1 aliphatic heterocycles. The Balaban J connectivity index is 1.81. The number of aryl methyl sites for hydroxylation is 1.